The summed E-state index contributed by atoms with van der Waals surface area (Å²) in [6, 6.07) is 16.2. The van der Waals surface area contributed by atoms with Crippen molar-refractivity contribution in [1.29, 1.82) is 0 Å². The highest BCUT2D eigenvalue weighted by atomic mass is 32.2. The molecule has 0 radical (unpaired) electrons. The molecule has 2 fully saturated rings. The Morgan fingerprint density at radius 1 is 0.946 bits per heavy atom. The number of nitrogens with zero attached hydrogens (tertiary/aromatic N) is 4. The summed E-state index contributed by atoms with van der Waals surface area (Å²) in [5.74, 6) is -0.386. The van der Waals surface area contributed by atoms with Crippen LogP contribution in [0.2, 0.25) is 0 Å². The number of hydrogen-bond acceptors (Lipinski definition) is 6. The number of piperazine rings is 1. The molecule has 2 aliphatic heterocycles. The molecule has 0 spiro atoms. The van der Waals surface area contributed by atoms with Crippen molar-refractivity contribution in [2.24, 2.45) is 5.92 Å². The van der Waals surface area contributed by atoms with Gasteiger partial charge < -0.3 is 14.3 Å². The minimum atomic E-state index is -3.85. The van der Waals surface area contributed by atoms with E-state index in [9.17, 15) is 13.2 Å². The van der Waals surface area contributed by atoms with E-state index in [0.717, 1.165) is 18.7 Å². The van der Waals surface area contributed by atoms with E-state index < -0.39 is 15.9 Å². The molecule has 5 rings (SSSR count). The normalized spacial score (nSPS) is 21.0. The smallest absolute Gasteiger partial charge is 0.248 e. The van der Waals surface area contributed by atoms with Crippen molar-refractivity contribution in [3.05, 3.63) is 76.7 Å². The Hall–Kier alpha value is -3.17. The average molecular weight is 523 g/mol. The standard InChI is InChI=1S/C28H34N4O4S/c1-19-10-11-20(2)26(16-19)30-12-14-31(15-13-30)28(33)25-18-32(17-24(25)23-8-6-5-7-9-23)37(34,35)27-21(3)29-36-22(27)4/h5-11,16,24-25H,12-15,17-18H2,1-4H3. The molecule has 2 atom stereocenters. The molecule has 37 heavy (non-hydrogen) atoms. The summed E-state index contributed by atoms with van der Waals surface area (Å²) < 4.78 is 33.8. The van der Waals surface area contributed by atoms with Crippen LogP contribution in [-0.2, 0) is 14.8 Å². The third kappa shape index (κ3) is 4.78. The number of aromatic nitrogens is 1. The number of amides is 1. The second-order valence-electron chi connectivity index (χ2n) is 10.2. The first-order valence-electron chi connectivity index (χ1n) is 12.8. The van der Waals surface area contributed by atoms with E-state index in [1.807, 2.05) is 35.2 Å². The van der Waals surface area contributed by atoms with Crippen LogP contribution in [0.5, 0.6) is 0 Å². The maximum absolute atomic E-state index is 13.9. The molecule has 1 aromatic heterocycles. The Morgan fingerprint density at radius 2 is 1.65 bits per heavy atom. The number of benzene rings is 2. The van der Waals surface area contributed by atoms with Crippen molar-refractivity contribution in [3.8, 4) is 0 Å². The fraction of sp³-hybridized carbons (Fsp3) is 0.429. The zero-order valence-corrected chi connectivity index (χ0v) is 22.7. The van der Waals surface area contributed by atoms with Gasteiger partial charge in [0.25, 0.3) is 0 Å². The van der Waals surface area contributed by atoms with Gasteiger partial charge >= 0.3 is 0 Å². The van der Waals surface area contributed by atoms with Gasteiger partial charge in [-0.1, -0.05) is 47.6 Å². The van der Waals surface area contributed by atoms with E-state index in [-0.39, 0.29) is 35.6 Å². The Bertz CT molecular complexity index is 1380. The Balaban J connectivity index is 1.37. The quantitative estimate of drug-likeness (QED) is 0.508. The summed E-state index contributed by atoms with van der Waals surface area (Å²) in [5, 5.41) is 3.84. The second kappa shape index (κ2) is 9.95. The van der Waals surface area contributed by atoms with Crippen LogP contribution < -0.4 is 4.90 Å². The molecule has 3 aromatic rings. The molecule has 0 saturated carbocycles. The highest BCUT2D eigenvalue weighted by Crippen LogP contribution is 2.38. The molecule has 3 heterocycles. The van der Waals surface area contributed by atoms with E-state index in [2.05, 4.69) is 42.1 Å². The lowest BCUT2D eigenvalue weighted by molar-refractivity contribution is -0.135. The molecule has 0 bridgehead atoms. The minimum absolute atomic E-state index is 0.0194. The first-order chi connectivity index (χ1) is 17.7. The Morgan fingerprint density at radius 3 is 2.30 bits per heavy atom. The molecule has 0 aliphatic carbocycles. The van der Waals surface area contributed by atoms with Gasteiger partial charge in [-0.15, -0.1) is 0 Å². The first kappa shape index (κ1) is 25.5. The largest absolute Gasteiger partial charge is 0.368 e. The molecular weight excluding hydrogens is 488 g/mol. The van der Waals surface area contributed by atoms with Gasteiger partial charge in [0.15, 0.2) is 5.76 Å². The molecule has 1 amide bonds. The van der Waals surface area contributed by atoms with E-state index in [0.29, 0.717) is 18.8 Å². The predicted octanol–water partition coefficient (Wildman–Crippen LogP) is 3.66. The number of carbonyl (C=O) groups excluding carboxylic acids is 1. The SMILES string of the molecule is Cc1ccc(C)c(N2CCN(C(=O)C3CN(S(=O)(=O)c4c(C)noc4C)CC3c3ccccc3)CC2)c1. The molecule has 2 aromatic carbocycles. The van der Waals surface area contributed by atoms with Crippen LogP contribution in [0.1, 0.15) is 34.1 Å². The molecule has 8 nitrogen and oxygen atoms in total. The average Bonchev–Trinajstić information content (AvgIpc) is 3.50. The molecule has 2 aliphatic rings. The van der Waals surface area contributed by atoms with Crippen LogP contribution >= 0.6 is 0 Å². The molecule has 0 N–H and O–H groups in total. The molecule has 9 heteroatoms. The number of rotatable bonds is 5. The van der Waals surface area contributed by atoms with Gasteiger partial charge in [-0.2, -0.15) is 4.31 Å². The van der Waals surface area contributed by atoms with E-state index in [1.54, 1.807) is 13.8 Å². The van der Waals surface area contributed by atoms with Crippen LogP contribution in [0.4, 0.5) is 5.69 Å². The van der Waals surface area contributed by atoms with Crippen LogP contribution in [0.25, 0.3) is 0 Å². The summed E-state index contributed by atoms with van der Waals surface area (Å²) in [7, 11) is -3.85. The Labute approximate surface area is 218 Å². The maximum atomic E-state index is 13.9. The third-order valence-electron chi connectivity index (χ3n) is 7.69. The summed E-state index contributed by atoms with van der Waals surface area (Å²) in [6.07, 6.45) is 0. The number of carbonyl (C=O) groups is 1. The summed E-state index contributed by atoms with van der Waals surface area (Å²) in [4.78, 5) is 18.3. The lowest BCUT2D eigenvalue weighted by Crippen LogP contribution is -2.51. The van der Waals surface area contributed by atoms with Gasteiger partial charge in [0.1, 0.15) is 10.6 Å². The van der Waals surface area contributed by atoms with Gasteiger partial charge in [-0.25, -0.2) is 8.42 Å². The molecule has 2 saturated heterocycles. The van der Waals surface area contributed by atoms with Gasteiger partial charge in [0, 0.05) is 50.9 Å². The van der Waals surface area contributed by atoms with Crippen molar-refractivity contribution >= 4 is 21.6 Å². The molecule has 2 unspecified atom stereocenters. The van der Waals surface area contributed by atoms with Crippen molar-refractivity contribution in [3.63, 3.8) is 0 Å². The fourth-order valence-electron chi connectivity index (χ4n) is 5.69. The summed E-state index contributed by atoms with van der Waals surface area (Å²) in [5.41, 5.74) is 4.98. The third-order valence-corrected chi connectivity index (χ3v) is 9.77. The fourth-order valence-corrected chi connectivity index (χ4v) is 7.47. The van der Waals surface area contributed by atoms with Crippen molar-refractivity contribution in [1.82, 2.24) is 14.4 Å². The monoisotopic (exact) mass is 522 g/mol. The number of anilines is 1. The zero-order chi connectivity index (χ0) is 26.3. The summed E-state index contributed by atoms with van der Waals surface area (Å²) >= 11 is 0. The second-order valence-corrected chi connectivity index (χ2v) is 12.1. The minimum Gasteiger partial charge on any atom is -0.368 e. The molecular formula is C28H34N4O4S. The van der Waals surface area contributed by atoms with Gasteiger partial charge in [0.05, 0.1) is 5.92 Å². The summed E-state index contributed by atoms with van der Waals surface area (Å²) in [6.45, 7) is 10.6. The van der Waals surface area contributed by atoms with E-state index in [1.165, 1.54) is 21.1 Å². The Kier molecular flexibility index (Phi) is 6.85. The number of hydrogen-bond donors (Lipinski definition) is 0. The highest BCUT2D eigenvalue weighted by molar-refractivity contribution is 7.89. The number of sulfonamides is 1. The predicted molar refractivity (Wildman–Crippen MR) is 142 cm³/mol. The van der Waals surface area contributed by atoms with Gasteiger partial charge in [-0.3, -0.25) is 4.79 Å². The molecule has 196 valence electrons. The van der Waals surface area contributed by atoms with Gasteiger partial charge in [-0.05, 0) is 50.5 Å². The van der Waals surface area contributed by atoms with Crippen LogP contribution in [-0.4, -0.2) is 68.0 Å². The number of aryl methyl sites for hydroxylation is 4. The lowest BCUT2D eigenvalue weighted by atomic mass is 9.88. The van der Waals surface area contributed by atoms with Gasteiger partial charge in [0.2, 0.25) is 15.9 Å². The maximum Gasteiger partial charge on any atom is 0.248 e. The zero-order valence-electron chi connectivity index (χ0n) is 21.8. The first-order valence-corrected chi connectivity index (χ1v) is 14.2. The van der Waals surface area contributed by atoms with Crippen LogP contribution in [0, 0.1) is 33.6 Å². The van der Waals surface area contributed by atoms with Crippen LogP contribution in [0.3, 0.4) is 0 Å². The van der Waals surface area contributed by atoms with E-state index in [4.69, 9.17) is 4.52 Å². The lowest BCUT2D eigenvalue weighted by Gasteiger charge is -2.38. The van der Waals surface area contributed by atoms with E-state index >= 15 is 0 Å². The topological polar surface area (TPSA) is 87.0 Å². The van der Waals surface area contributed by atoms with Crippen molar-refractivity contribution < 1.29 is 17.7 Å². The highest BCUT2D eigenvalue weighted by Gasteiger charge is 2.46. The van der Waals surface area contributed by atoms with Crippen molar-refractivity contribution in [2.75, 3.05) is 44.2 Å². The van der Waals surface area contributed by atoms with Crippen molar-refractivity contribution in [2.45, 2.75) is 38.5 Å². The van der Waals surface area contributed by atoms with Crippen LogP contribution in [0.15, 0.2) is 57.9 Å².